The van der Waals surface area contributed by atoms with E-state index in [9.17, 15) is 9.59 Å². The minimum absolute atomic E-state index is 0.0482. The maximum atomic E-state index is 13.4. The fraction of sp³-hybridized carbons (Fsp3) is 0.286. The number of carbonyl (C=O) groups excluding carboxylic acids is 2. The Morgan fingerprint density at radius 1 is 0.944 bits per heavy atom. The van der Waals surface area contributed by atoms with Crippen molar-refractivity contribution in [1.29, 1.82) is 0 Å². The largest absolute Gasteiger partial charge is 0.497 e. The van der Waals surface area contributed by atoms with Crippen LogP contribution in [-0.4, -0.2) is 33.1 Å². The van der Waals surface area contributed by atoms with Crippen molar-refractivity contribution in [2.24, 2.45) is 5.92 Å². The number of carbonyl (C=O) groups is 2. The van der Waals surface area contributed by atoms with Crippen molar-refractivity contribution in [3.63, 3.8) is 0 Å². The highest BCUT2D eigenvalue weighted by Gasteiger charge is 2.22. The normalized spacial score (nSPS) is 12.1. The fourth-order valence-electron chi connectivity index (χ4n) is 3.67. The van der Waals surface area contributed by atoms with E-state index in [4.69, 9.17) is 18.6 Å². The van der Waals surface area contributed by atoms with Gasteiger partial charge in [0.05, 0.1) is 33.6 Å². The lowest BCUT2D eigenvalue weighted by Gasteiger charge is -2.22. The number of methoxy groups -OCH3 is 3. The minimum Gasteiger partial charge on any atom is -0.497 e. The predicted molar refractivity (Wildman–Crippen MR) is 137 cm³/mol. The molecule has 0 spiro atoms. The Labute approximate surface area is 211 Å². The lowest BCUT2D eigenvalue weighted by Crippen LogP contribution is -2.37. The van der Waals surface area contributed by atoms with Gasteiger partial charge in [0, 0.05) is 11.6 Å². The van der Waals surface area contributed by atoms with Crippen molar-refractivity contribution in [1.82, 2.24) is 10.6 Å². The number of furan rings is 1. The molecular weight excluding hydrogens is 460 g/mol. The van der Waals surface area contributed by atoms with Gasteiger partial charge in [-0.3, -0.25) is 9.59 Å². The zero-order valence-corrected chi connectivity index (χ0v) is 21.2. The maximum absolute atomic E-state index is 13.4. The van der Waals surface area contributed by atoms with Crippen LogP contribution < -0.4 is 24.8 Å². The Kier molecular flexibility index (Phi) is 9.16. The Bertz CT molecular complexity index is 1180. The number of benzene rings is 2. The Hall–Kier alpha value is -4.20. The van der Waals surface area contributed by atoms with Crippen molar-refractivity contribution < 1.29 is 28.2 Å². The number of rotatable bonds is 11. The van der Waals surface area contributed by atoms with Crippen LogP contribution in [0.4, 0.5) is 0 Å². The molecule has 2 amide bonds. The standard InChI is InChI=1S/C28H32N2O6/c1-18(2)15-23(19-8-11-21(33-3)12-9-19)29-28(32)24(17-22-7-6-14-36-22)30-27(31)20-10-13-25(34-4)26(16-20)35-5/h6-14,16-18,23H,15H2,1-5H3,(H,29,32)(H,30,31)/b24-17-. The summed E-state index contributed by atoms with van der Waals surface area (Å²) >= 11 is 0. The smallest absolute Gasteiger partial charge is 0.268 e. The highest BCUT2D eigenvalue weighted by atomic mass is 16.5. The van der Waals surface area contributed by atoms with E-state index in [1.54, 1.807) is 37.4 Å². The first-order valence-corrected chi connectivity index (χ1v) is 11.6. The molecule has 2 N–H and O–H groups in total. The van der Waals surface area contributed by atoms with E-state index in [1.807, 2.05) is 24.3 Å². The maximum Gasteiger partial charge on any atom is 0.268 e. The molecule has 1 heterocycles. The van der Waals surface area contributed by atoms with Crippen molar-refractivity contribution in [3.05, 3.63) is 83.4 Å². The van der Waals surface area contributed by atoms with Gasteiger partial charge in [0.2, 0.25) is 0 Å². The lowest BCUT2D eigenvalue weighted by atomic mass is 9.96. The molecule has 0 bridgehead atoms. The van der Waals surface area contributed by atoms with Gasteiger partial charge in [-0.25, -0.2) is 0 Å². The molecule has 3 aromatic rings. The van der Waals surface area contributed by atoms with Crippen molar-refractivity contribution >= 4 is 17.9 Å². The molecule has 1 unspecified atom stereocenters. The summed E-state index contributed by atoms with van der Waals surface area (Å²) in [5, 5.41) is 5.79. The molecule has 3 rings (SSSR count). The van der Waals surface area contributed by atoms with Crippen LogP contribution in [0.3, 0.4) is 0 Å². The summed E-state index contributed by atoms with van der Waals surface area (Å²) in [4.78, 5) is 26.5. The first-order valence-electron chi connectivity index (χ1n) is 11.6. The van der Waals surface area contributed by atoms with Crippen LogP contribution in [0.2, 0.25) is 0 Å². The second kappa shape index (κ2) is 12.5. The molecule has 8 heteroatoms. The molecule has 36 heavy (non-hydrogen) atoms. The molecule has 0 aliphatic heterocycles. The molecule has 0 saturated heterocycles. The Morgan fingerprint density at radius 2 is 1.67 bits per heavy atom. The van der Waals surface area contributed by atoms with Crippen molar-refractivity contribution in [2.75, 3.05) is 21.3 Å². The van der Waals surface area contributed by atoms with Crippen LogP contribution in [0.25, 0.3) is 6.08 Å². The van der Waals surface area contributed by atoms with E-state index in [0.29, 0.717) is 35.2 Å². The third-order valence-corrected chi connectivity index (χ3v) is 5.50. The first-order chi connectivity index (χ1) is 17.3. The van der Waals surface area contributed by atoms with Gasteiger partial charge in [-0.05, 0) is 60.4 Å². The van der Waals surface area contributed by atoms with Gasteiger partial charge in [-0.15, -0.1) is 0 Å². The topological polar surface area (TPSA) is 99.0 Å². The van der Waals surface area contributed by atoms with Crippen molar-refractivity contribution in [3.8, 4) is 17.2 Å². The molecule has 0 aliphatic rings. The number of ether oxygens (including phenoxy) is 3. The summed E-state index contributed by atoms with van der Waals surface area (Å²) in [6, 6.07) is 15.5. The number of hydrogen-bond acceptors (Lipinski definition) is 6. The first kappa shape index (κ1) is 26.4. The van der Waals surface area contributed by atoms with Gasteiger partial charge in [-0.2, -0.15) is 0 Å². The zero-order valence-electron chi connectivity index (χ0n) is 21.2. The molecule has 0 fully saturated rings. The molecule has 0 radical (unpaired) electrons. The summed E-state index contributed by atoms with van der Waals surface area (Å²) in [7, 11) is 4.61. The molecule has 1 atom stereocenters. The van der Waals surface area contributed by atoms with E-state index in [1.165, 1.54) is 26.6 Å². The van der Waals surface area contributed by atoms with Gasteiger partial charge >= 0.3 is 0 Å². The minimum atomic E-state index is -0.478. The van der Waals surface area contributed by atoms with Crippen LogP contribution in [-0.2, 0) is 4.79 Å². The molecule has 190 valence electrons. The van der Waals surface area contributed by atoms with Crippen LogP contribution in [0, 0.1) is 5.92 Å². The highest BCUT2D eigenvalue weighted by molar-refractivity contribution is 6.05. The third-order valence-electron chi connectivity index (χ3n) is 5.50. The third kappa shape index (κ3) is 6.91. The molecule has 2 aromatic carbocycles. The number of nitrogens with one attached hydrogen (secondary N) is 2. The Morgan fingerprint density at radius 3 is 2.25 bits per heavy atom. The van der Waals surface area contributed by atoms with Crippen LogP contribution in [0.15, 0.2) is 71.0 Å². The van der Waals surface area contributed by atoms with Gasteiger partial charge < -0.3 is 29.3 Å². The van der Waals surface area contributed by atoms with Crippen LogP contribution >= 0.6 is 0 Å². The summed E-state index contributed by atoms with van der Waals surface area (Å²) < 4.78 is 21.2. The summed E-state index contributed by atoms with van der Waals surface area (Å²) in [5.74, 6) is 1.45. The molecule has 8 nitrogen and oxygen atoms in total. The van der Waals surface area contributed by atoms with E-state index in [-0.39, 0.29) is 11.7 Å². The quantitative estimate of drug-likeness (QED) is 0.366. The molecule has 0 saturated carbocycles. The molecule has 0 aliphatic carbocycles. The van der Waals surface area contributed by atoms with Gasteiger partial charge in [0.25, 0.3) is 11.8 Å². The monoisotopic (exact) mass is 492 g/mol. The highest BCUT2D eigenvalue weighted by Crippen LogP contribution is 2.28. The average Bonchev–Trinajstić information content (AvgIpc) is 3.40. The second-order valence-corrected chi connectivity index (χ2v) is 8.53. The number of amides is 2. The molecule has 1 aromatic heterocycles. The summed E-state index contributed by atoms with van der Waals surface area (Å²) in [6.45, 7) is 4.17. The summed E-state index contributed by atoms with van der Waals surface area (Å²) in [5.41, 5.74) is 1.29. The molecular formula is C28H32N2O6. The van der Waals surface area contributed by atoms with Gasteiger partial charge in [-0.1, -0.05) is 26.0 Å². The predicted octanol–water partition coefficient (Wildman–Crippen LogP) is 4.98. The zero-order chi connectivity index (χ0) is 26.1. The SMILES string of the molecule is COc1ccc(C(CC(C)C)NC(=O)/C(=C/c2ccco2)NC(=O)c2ccc(OC)c(OC)c2)cc1. The Balaban J connectivity index is 1.88. The van der Waals surface area contributed by atoms with E-state index in [2.05, 4.69) is 24.5 Å². The fourth-order valence-corrected chi connectivity index (χ4v) is 3.67. The van der Waals surface area contributed by atoms with E-state index < -0.39 is 11.8 Å². The van der Waals surface area contributed by atoms with Crippen LogP contribution in [0.5, 0.6) is 17.2 Å². The van der Waals surface area contributed by atoms with Gasteiger partial charge in [0.15, 0.2) is 11.5 Å². The second-order valence-electron chi connectivity index (χ2n) is 8.53. The summed E-state index contributed by atoms with van der Waals surface area (Å²) in [6.07, 6.45) is 3.70. The van der Waals surface area contributed by atoms with Crippen molar-refractivity contribution in [2.45, 2.75) is 26.3 Å². The van der Waals surface area contributed by atoms with E-state index in [0.717, 1.165) is 11.3 Å². The van der Waals surface area contributed by atoms with E-state index >= 15 is 0 Å². The van der Waals surface area contributed by atoms with Gasteiger partial charge in [0.1, 0.15) is 17.2 Å². The van der Waals surface area contributed by atoms with Crippen LogP contribution in [0.1, 0.15) is 48.0 Å². The lowest BCUT2D eigenvalue weighted by molar-refractivity contribution is -0.118. The average molecular weight is 493 g/mol. The number of hydrogen-bond donors (Lipinski definition) is 2.